The van der Waals surface area contributed by atoms with Gasteiger partial charge < -0.3 is 9.15 Å². The van der Waals surface area contributed by atoms with Gasteiger partial charge in [0, 0.05) is 16.3 Å². The largest absolute Gasteiger partial charge is 0.493 e. The van der Waals surface area contributed by atoms with Crippen LogP contribution >= 0.6 is 0 Å². The van der Waals surface area contributed by atoms with Crippen LogP contribution in [0.5, 0.6) is 5.75 Å². The molecule has 0 saturated carbocycles. The maximum absolute atomic E-state index is 6.30. The molecule has 2 aromatic carbocycles. The lowest BCUT2D eigenvalue weighted by Gasteiger charge is -2.07. The first kappa shape index (κ1) is 16.9. The molecule has 0 aliphatic carbocycles. The van der Waals surface area contributed by atoms with Gasteiger partial charge in [0.05, 0.1) is 6.61 Å². The van der Waals surface area contributed by atoms with Gasteiger partial charge in [-0.25, -0.2) is 0 Å². The third-order valence-electron chi connectivity index (χ3n) is 4.88. The number of rotatable bonds is 7. The van der Waals surface area contributed by atoms with Crippen LogP contribution in [0.15, 0.2) is 28.7 Å². The number of hydrogen-bond donors (Lipinski definition) is 0. The lowest BCUT2D eigenvalue weighted by Crippen LogP contribution is -1.96. The van der Waals surface area contributed by atoms with Crippen molar-refractivity contribution < 1.29 is 9.15 Å². The number of fused-ring (bicyclic) bond motifs is 3. The molecule has 0 spiro atoms. The first-order chi connectivity index (χ1) is 11.7. The van der Waals surface area contributed by atoms with Crippen molar-refractivity contribution in [3.8, 4) is 5.75 Å². The fraction of sp³-hybridized carbons (Fsp3) is 0.455. The van der Waals surface area contributed by atoms with Crippen LogP contribution in [0.4, 0.5) is 0 Å². The topological polar surface area (TPSA) is 22.4 Å². The van der Waals surface area contributed by atoms with Crippen molar-refractivity contribution in [1.29, 1.82) is 0 Å². The minimum Gasteiger partial charge on any atom is -0.493 e. The zero-order chi connectivity index (χ0) is 17.1. The summed E-state index contributed by atoms with van der Waals surface area (Å²) in [6.45, 7) is 9.39. The van der Waals surface area contributed by atoms with E-state index < -0.39 is 0 Å². The first-order valence-electron chi connectivity index (χ1n) is 9.24. The maximum atomic E-state index is 6.30. The van der Waals surface area contributed by atoms with Gasteiger partial charge in [0.25, 0.3) is 0 Å². The quantitative estimate of drug-likeness (QED) is 0.450. The molecule has 3 aromatic rings. The van der Waals surface area contributed by atoms with Gasteiger partial charge in [0.15, 0.2) is 0 Å². The Morgan fingerprint density at radius 3 is 2.25 bits per heavy atom. The minimum atomic E-state index is 0.743. The zero-order valence-corrected chi connectivity index (χ0v) is 15.4. The van der Waals surface area contributed by atoms with E-state index in [0.29, 0.717) is 0 Å². The number of aryl methyl sites for hydroxylation is 3. The Morgan fingerprint density at radius 1 is 0.833 bits per heavy atom. The fourth-order valence-electron chi connectivity index (χ4n) is 3.40. The summed E-state index contributed by atoms with van der Waals surface area (Å²) in [6.07, 6.45) is 5.94. The second-order valence-corrected chi connectivity index (χ2v) is 6.70. The predicted molar refractivity (Wildman–Crippen MR) is 102 cm³/mol. The Kier molecular flexibility index (Phi) is 5.13. The Hall–Kier alpha value is -1.96. The maximum Gasteiger partial charge on any atom is 0.142 e. The van der Waals surface area contributed by atoms with Crippen molar-refractivity contribution in [2.24, 2.45) is 0 Å². The summed E-state index contributed by atoms with van der Waals surface area (Å²) >= 11 is 0. The molecule has 0 amide bonds. The van der Waals surface area contributed by atoms with Crippen molar-refractivity contribution in [1.82, 2.24) is 0 Å². The summed E-state index contributed by atoms with van der Waals surface area (Å²) in [5, 5.41) is 2.40. The number of furan rings is 1. The second kappa shape index (κ2) is 7.29. The summed E-state index contributed by atoms with van der Waals surface area (Å²) in [6, 6.07) is 8.71. The average molecular weight is 324 g/mol. The molecule has 24 heavy (non-hydrogen) atoms. The van der Waals surface area contributed by atoms with Gasteiger partial charge in [-0.3, -0.25) is 0 Å². The van der Waals surface area contributed by atoms with Crippen molar-refractivity contribution in [3.63, 3.8) is 0 Å². The fourth-order valence-corrected chi connectivity index (χ4v) is 3.40. The van der Waals surface area contributed by atoms with Crippen LogP contribution in [0.1, 0.15) is 56.2 Å². The molecule has 128 valence electrons. The lowest BCUT2D eigenvalue weighted by atomic mass is 9.99. The molecule has 0 aliphatic heterocycles. The lowest BCUT2D eigenvalue weighted by molar-refractivity contribution is 0.315. The average Bonchev–Trinajstić information content (AvgIpc) is 2.97. The van der Waals surface area contributed by atoms with Gasteiger partial charge in [-0.15, -0.1) is 0 Å². The molecule has 0 bridgehead atoms. The highest BCUT2D eigenvalue weighted by atomic mass is 16.5. The van der Waals surface area contributed by atoms with Gasteiger partial charge in [0.1, 0.15) is 16.9 Å². The number of benzene rings is 2. The third kappa shape index (κ3) is 3.02. The summed E-state index contributed by atoms with van der Waals surface area (Å²) in [5.74, 6) is 0.934. The number of unbranched alkanes of at least 4 members (excludes halogenated alkanes) is 2. The van der Waals surface area contributed by atoms with E-state index in [2.05, 4.69) is 52.0 Å². The second-order valence-electron chi connectivity index (χ2n) is 6.70. The van der Waals surface area contributed by atoms with Crippen LogP contribution in [-0.4, -0.2) is 6.61 Å². The molecule has 0 saturated heterocycles. The Morgan fingerprint density at radius 2 is 1.54 bits per heavy atom. The smallest absolute Gasteiger partial charge is 0.142 e. The minimum absolute atomic E-state index is 0.743. The molecule has 0 aliphatic rings. The van der Waals surface area contributed by atoms with E-state index in [-0.39, 0.29) is 0 Å². The molecule has 2 heteroatoms. The monoisotopic (exact) mass is 324 g/mol. The molecule has 0 unspecified atom stereocenters. The van der Waals surface area contributed by atoms with Crippen LogP contribution in [-0.2, 0) is 6.42 Å². The van der Waals surface area contributed by atoms with E-state index in [0.717, 1.165) is 41.9 Å². The summed E-state index contributed by atoms with van der Waals surface area (Å²) in [5.41, 5.74) is 5.80. The van der Waals surface area contributed by atoms with Crippen molar-refractivity contribution >= 4 is 21.9 Å². The van der Waals surface area contributed by atoms with E-state index in [1.807, 2.05) is 0 Å². The molecule has 0 atom stereocenters. The third-order valence-corrected chi connectivity index (χ3v) is 4.88. The molecule has 1 aromatic heterocycles. The Balaban J connectivity index is 2.06. The van der Waals surface area contributed by atoms with E-state index in [1.165, 1.54) is 41.2 Å². The van der Waals surface area contributed by atoms with Gasteiger partial charge in [-0.2, -0.15) is 0 Å². The molecule has 0 N–H and O–H groups in total. The summed E-state index contributed by atoms with van der Waals surface area (Å²) in [7, 11) is 0. The Bertz CT molecular complexity index is 842. The van der Waals surface area contributed by atoms with Crippen molar-refractivity contribution in [2.75, 3.05) is 6.61 Å². The highest BCUT2D eigenvalue weighted by Crippen LogP contribution is 2.37. The van der Waals surface area contributed by atoms with Crippen LogP contribution in [0.25, 0.3) is 21.9 Å². The van der Waals surface area contributed by atoms with Crippen LogP contribution in [0.2, 0.25) is 0 Å². The molecular formula is C22H28O2. The molecule has 0 radical (unpaired) electrons. The molecular weight excluding hydrogens is 296 g/mol. The van der Waals surface area contributed by atoms with Gasteiger partial charge in [-0.1, -0.05) is 38.8 Å². The highest BCUT2D eigenvalue weighted by molar-refractivity contribution is 6.07. The van der Waals surface area contributed by atoms with E-state index >= 15 is 0 Å². The van der Waals surface area contributed by atoms with Gasteiger partial charge in [-0.05, 0) is 56.4 Å². The molecule has 0 fully saturated rings. The number of ether oxygens (including phenoxy) is 1. The Labute approximate surface area is 144 Å². The van der Waals surface area contributed by atoms with Gasteiger partial charge in [0.2, 0.25) is 0 Å². The van der Waals surface area contributed by atoms with E-state index in [1.54, 1.807) is 0 Å². The normalized spacial score (nSPS) is 11.5. The van der Waals surface area contributed by atoms with Crippen LogP contribution in [0.3, 0.4) is 0 Å². The van der Waals surface area contributed by atoms with Crippen molar-refractivity contribution in [2.45, 2.75) is 59.8 Å². The molecule has 3 rings (SSSR count). The highest BCUT2D eigenvalue weighted by Gasteiger charge is 2.15. The standard InChI is InChI=1S/C22H28O2/c1-5-7-8-9-17-10-11-18-19-12-13-20(23-14-6-2)16(4)22(19)24-21(18)15(17)3/h10-13H,5-9,14H2,1-4H3. The molecule has 1 heterocycles. The van der Waals surface area contributed by atoms with Crippen LogP contribution in [0, 0.1) is 13.8 Å². The van der Waals surface area contributed by atoms with Crippen LogP contribution < -0.4 is 4.74 Å². The number of hydrogen-bond acceptors (Lipinski definition) is 2. The zero-order valence-electron chi connectivity index (χ0n) is 15.4. The summed E-state index contributed by atoms with van der Waals surface area (Å²) in [4.78, 5) is 0. The summed E-state index contributed by atoms with van der Waals surface area (Å²) < 4.78 is 12.2. The first-order valence-corrected chi connectivity index (χ1v) is 9.24. The van der Waals surface area contributed by atoms with E-state index in [9.17, 15) is 0 Å². The molecule has 2 nitrogen and oxygen atoms in total. The van der Waals surface area contributed by atoms with E-state index in [4.69, 9.17) is 9.15 Å². The van der Waals surface area contributed by atoms with Crippen molar-refractivity contribution in [3.05, 3.63) is 41.0 Å². The van der Waals surface area contributed by atoms with Gasteiger partial charge >= 0.3 is 0 Å². The predicted octanol–water partition coefficient (Wildman–Crippen LogP) is 6.72. The SMILES string of the molecule is CCCCCc1ccc2c(oc3c(C)c(OCCC)ccc32)c1C.